The highest BCUT2D eigenvalue weighted by Crippen LogP contribution is 2.38. The average molecular weight is 369 g/mol. The molecule has 0 saturated carbocycles. The molecular weight excluding hydrogens is 352 g/mol. The van der Waals surface area contributed by atoms with Crippen molar-refractivity contribution in [1.82, 2.24) is 0 Å². The number of hydrogen-bond acceptors (Lipinski definition) is 4. The molecule has 8 heteroatoms. The van der Waals surface area contributed by atoms with Gasteiger partial charge in [0.05, 0.1) is 17.2 Å². The predicted molar refractivity (Wildman–Crippen MR) is 88.6 cm³/mol. The van der Waals surface area contributed by atoms with Crippen molar-refractivity contribution in [3.05, 3.63) is 47.5 Å². The fraction of sp³-hybridized carbons (Fsp3) is 0.294. The number of nitrogens with one attached hydrogen (secondary N) is 1. The van der Waals surface area contributed by atoms with Crippen LogP contribution in [-0.4, -0.2) is 21.1 Å². The van der Waals surface area contributed by atoms with E-state index in [0.29, 0.717) is 30.6 Å². The molecule has 0 aliphatic carbocycles. The predicted octanol–water partition coefficient (Wildman–Crippen LogP) is 3.49. The first-order valence-electron chi connectivity index (χ1n) is 7.74. The maximum Gasteiger partial charge on any atom is 0.262 e. The first-order chi connectivity index (χ1) is 11.8. The summed E-state index contributed by atoms with van der Waals surface area (Å²) in [5.74, 6) is -1.06. The van der Waals surface area contributed by atoms with Crippen molar-refractivity contribution >= 4 is 15.7 Å². The molecule has 0 bridgehead atoms. The Labute approximate surface area is 144 Å². The lowest BCUT2D eigenvalue weighted by Crippen LogP contribution is -2.14. The van der Waals surface area contributed by atoms with Crippen LogP contribution in [0.4, 0.5) is 14.5 Å². The molecule has 0 fully saturated rings. The van der Waals surface area contributed by atoms with Gasteiger partial charge in [0.15, 0.2) is 0 Å². The third kappa shape index (κ3) is 3.68. The Morgan fingerprint density at radius 3 is 2.52 bits per heavy atom. The van der Waals surface area contributed by atoms with E-state index in [1.54, 1.807) is 13.0 Å². The van der Waals surface area contributed by atoms with Crippen LogP contribution in [0.3, 0.4) is 0 Å². The molecule has 3 rings (SSSR count). The number of sulfonamides is 1. The SMILES string of the molecule is CCOc1cc2c(cc1NS(=O)(=O)c1cc(F)cc(F)c1)O[C@H](C)C2. The molecule has 0 unspecified atom stereocenters. The molecule has 25 heavy (non-hydrogen) atoms. The molecule has 0 spiro atoms. The third-order valence-corrected chi connectivity index (χ3v) is 5.03. The molecule has 1 N–H and O–H groups in total. The number of anilines is 1. The van der Waals surface area contributed by atoms with E-state index in [-0.39, 0.29) is 11.8 Å². The van der Waals surface area contributed by atoms with E-state index in [1.165, 1.54) is 6.07 Å². The fourth-order valence-electron chi connectivity index (χ4n) is 2.68. The number of ether oxygens (including phenoxy) is 2. The zero-order chi connectivity index (χ0) is 18.2. The summed E-state index contributed by atoms with van der Waals surface area (Å²) >= 11 is 0. The van der Waals surface area contributed by atoms with Crippen LogP contribution in [-0.2, 0) is 16.4 Å². The largest absolute Gasteiger partial charge is 0.492 e. The van der Waals surface area contributed by atoms with Gasteiger partial charge in [-0.15, -0.1) is 0 Å². The van der Waals surface area contributed by atoms with Crippen LogP contribution in [0.1, 0.15) is 19.4 Å². The highest BCUT2D eigenvalue weighted by atomic mass is 32.2. The Hall–Kier alpha value is -2.35. The fourth-order valence-corrected chi connectivity index (χ4v) is 3.78. The van der Waals surface area contributed by atoms with E-state index >= 15 is 0 Å². The second kappa shape index (κ2) is 6.51. The van der Waals surface area contributed by atoms with Crippen molar-refractivity contribution in [3.8, 4) is 11.5 Å². The van der Waals surface area contributed by atoms with Gasteiger partial charge in [0.1, 0.15) is 29.2 Å². The Kier molecular flexibility index (Phi) is 4.55. The summed E-state index contributed by atoms with van der Waals surface area (Å²) < 4.78 is 65.1. The Bertz CT molecular complexity index is 895. The molecule has 1 heterocycles. The van der Waals surface area contributed by atoms with Crippen molar-refractivity contribution in [2.24, 2.45) is 0 Å². The summed E-state index contributed by atoms with van der Waals surface area (Å²) in [4.78, 5) is -0.512. The first-order valence-corrected chi connectivity index (χ1v) is 9.22. The minimum Gasteiger partial charge on any atom is -0.492 e. The highest BCUT2D eigenvalue weighted by molar-refractivity contribution is 7.92. The van der Waals surface area contributed by atoms with Gasteiger partial charge >= 0.3 is 0 Å². The van der Waals surface area contributed by atoms with Crippen molar-refractivity contribution in [2.75, 3.05) is 11.3 Å². The van der Waals surface area contributed by atoms with Crippen molar-refractivity contribution < 1.29 is 26.7 Å². The number of hydrogen-bond donors (Lipinski definition) is 1. The first kappa shape index (κ1) is 17.5. The quantitative estimate of drug-likeness (QED) is 0.876. The molecule has 0 radical (unpaired) electrons. The van der Waals surface area contributed by atoms with Crippen molar-refractivity contribution in [3.63, 3.8) is 0 Å². The van der Waals surface area contributed by atoms with Gasteiger partial charge in [0.25, 0.3) is 10.0 Å². The van der Waals surface area contributed by atoms with Gasteiger partial charge in [0, 0.05) is 24.1 Å². The van der Waals surface area contributed by atoms with Crippen LogP contribution < -0.4 is 14.2 Å². The Morgan fingerprint density at radius 2 is 1.88 bits per heavy atom. The number of halogens is 2. The standard InChI is InChI=1S/C17H17F2NO4S/c1-3-23-17-5-11-4-10(2)24-16(11)9-15(17)20-25(21,22)14-7-12(18)6-13(19)8-14/h5-10,20H,3-4H2,1-2H3/t10-/m1/s1. The molecule has 134 valence electrons. The van der Waals surface area contributed by atoms with Gasteiger partial charge < -0.3 is 9.47 Å². The topological polar surface area (TPSA) is 64.6 Å². The van der Waals surface area contributed by atoms with E-state index < -0.39 is 26.6 Å². The lowest BCUT2D eigenvalue weighted by molar-refractivity contribution is 0.254. The highest BCUT2D eigenvalue weighted by Gasteiger charge is 2.25. The van der Waals surface area contributed by atoms with Crippen molar-refractivity contribution in [2.45, 2.75) is 31.3 Å². The molecule has 1 aliphatic heterocycles. The van der Waals surface area contributed by atoms with E-state index in [2.05, 4.69) is 4.72 Å². The third-order valence-electron chi connectivity index (χ3n) is 3.69. The maximum atomic E-state index is 13.3. The minimum absolute atomic E-state index is 0.0198. The van der Waals surface area contributed by atoms with Gasteiger partial charge in [-0.3, -0.25) is 4.72 Å². The van der Waals surface area contributed by atoms with Gasteiger partial charge in [0.2, 0.25) is 0 Å². The van der Waals surface area contributed by atoms with Gasteiger partial charge in [-0.05, 0) is 32.0 Å². The average Bonchev–Trinajstić information content (AvgIpc) is 2.85. The molecule has 0 amide bonds. The smallest absolute Gasteiger partial charge is 0.262 e. The van der Waals surface area contributed by atoms with Gasteiger partial charge in [-0.1, -0.05) is 0 Å². The van der Waals surface area contributed by atoms with Crippen molar-refractivity contribution in [1.29, 1.82) is 0 Å². The summed E-state index contributed by atoms with van der Waals surface area (Å²) in [6.07, 6.45) is 0.672. The van der Waals surface area contributed by atoms with Gasteiger partial charge in [-0.25, -0.2) is 17.2 Å². The molecule has 1 atom stereocenters. The van der Waals surface area contributed by atoms with Crippen LogP contribution in [0.15, 0.2) is 35.2 Å². The molecule has 2 aromatic carbocycles. The summed E-state index contributed by atoms with van der Waals surface area (Å²) in [5, 5.41) is 0. The monoisotopic (exact) mass is 369 g/mol. The normalized spacial score (nSPS) is 16.2. The summed E-state index contributed by atoms with van der Waals surface area (Å²) in [5.41, 5.74) is 1.06. The minimum atomic E-state index is -4.20. The van der Waals surface area contributed by atoms with Crippen LogP contribution in [0.25, 0.3) is 0 Å². The molecule has 5 nitrogen and oxygen atoms in total. The van der Waals surface area contributed by atoms with Crippen LogP contribution in [0.5, 0.6) is 11.5 Å². The van der Waals surface area contributed by atoms with E-state index in [9.17, 15) is 17.2 Å². The second-order valence-electron chi connectivity index (χ2n) is 5.73. The number of fused-ring (bicyclic) bond motifs is 1. The summed E-state index contributed by atoms with van der Waals surface area (Å²) in [6.45, 7) is 4.00. The molecule has 2 aromatic rings. The van der Waals surface area contributed by atoms with Crippen LogP contribution in [0, 0.1) is 11.6 Å². The Morgan fingerprint density at radius 1 is 1.20 bits per heavy atom. The van der Waals surface area contributed by atoms with E-state index in [1.807, 2.05) is 6.92 Å². The van der Waals surface area contributed by atoms with E-state index in [0.717, 1.165) is 17.7 Å². The zero-order valence-corrected chi connectivity index (χ0v) is 14.5. The van der Waals surface area contributed by atoms with Crippen LogP contribution in [0.2, 0.25) is 0 Å². The Balaban J connectivity index is 2.00. The number of rotatable bonds is 5. The van der Waals surface area contributed by atoms with Crippen LogP contribution >= 0.6 is 0 Å². The molecular formula is C17H17F2NO4S. The van der Waals surface area contributed by atoms with Gasteiger partial charge in [-0.2, -0.15) is 0 Å². The maximum absolute atomic E-state index is 13.3. The summed E-state index contributed by atoms with van der Waals surface area (Å²) in [6, 6.07) is 5.34. The lowest BCUT2D eigenvalue weighted by atomic mass is 10.1. The molecule has 0 saturated heterocycles. The zero-order valence-electron chi connectivity index (χ0n) is 13.7. The number of benzene rings is 2. The summed E-state index contributed by atoms with van der Waals surface area (Å²) in [7, 11) is -4.20. The molecule has 1 aliphatic rings. The second-order valence-corrected chi connectivity index (χ2v) is 7.41. The van der Waals surface area contributed by atoms with E-state index in [4.69, 9.17) is 9.47 Å². The lowest BCUT2D eigenvalue weighted by Gasteiger charge is -2.15. The molecule has 0 aromatic heterocycles.